The van der Waals surface area contributed by atoms with Crippen molar-refractivity contribution in [1.29, 1.82) is 0 Å². The monoisotopic (exact) mass is 560 g/mol. The lowest BCUT2D eigenvalue weighted by Gasteiger charge is -2.34. The normalized spacial score (nSPS) is 32.7. The zero-order chi connectivity index (χ0) is 26.1. The van der Waals surface area contributed by atoms with E-state index in [9.17, 15) is 14.4 Å². The molecule has 0 spiro atoms. The van der Waals surface area contributed by atoms with Gasteiger partial charge in [-0.3, -0.25) is 14.4 Å². The molecular formula is C27H44O6S3. The number of hydrogen-bond acceptors (Lipinski definition) is 9. The quantitative estimate of drug-likeness (QED) is 0.187. The summed E-state index contributed by atoms with van der Waals surface area (Å²) in [6, 6.07) is 0. The van der Waals surface area contributed by atoms with Gasteiger partial charge in [0.25, 0.3) is 0 Å². The van der Waals surface area contributed by atoms with Crippen molar-refractivity contribution in [3.05, 3.63) is 0 Å². The van der Waals surface area contributed by atoms with Gasteiger partial charge in [-0.25, -0.2) is 0 Å². The van der Waals surface area contributed by atoms with Crippen molar-refractivity contribution in [2.24, 2.45) is 23.2 Å². The van der Waals surface area contributed by atoms with E-state index in [1.165, 1.54) is 0 Å². The Morgan fingerprint density at radius 2 is 0.806 bits per heavy atom. The Labute approximate surface area is 233 Å². The van der Waals surface area contributed by atoms with Crippen LogP contribution >= 0.6 is 37.9 Å². The van der Waals surface area contributed by atoms with E-state index >= 15 is 0 Å². The van der Waals surface area contributed by atoms with Crippen LogP contribution in [0.25, 0.3) is 0 Å². The summed E-state index contributed by atoms with van der Waals surface area (Å²) >= 11 is 13.5. The molecule has 0 aromatic carbocycles. The molecule has 0 aliphatic heterocycles. The second-order valence-electron chi connectivity index (χ2n) is 11.2. The van der Waals surface area contributed by atoms with Gasteiger partial charge in [0, 0.05) is 15.7 Å². The van der Waals surface area contributed by atoms with E-state index in [2.05, 4.69) is 37.9 Å². The first-order valence-electron chi connectivity index (χ1n) is 13.8. The maximum Gasteiger partial charge on any atom is 0.308 e. The number of esters is 3. The first-order valence-corrected chi connectivity index (χ1v) is 15.3. The van der Waals surface area contributed by atoms with Crippen molar-refractivity contribution >= 4 is 55.8 Å². The Bertz CT molecular complexity index is 630. The first kappa shape index (κ1) is 30.0. The van der Waals surface area contributed by atoms with Crippen LogP contribution in [0.3, 0.4) is 0 Å². The standard InChI is InChI=1S/C27H44O6S3/c1-2-27(15-31-24(28)18-3-9-21(34)10-4-18,16-32-25(29)19-5-11-22(35)12-6-19)17-33-26(30)20-7-13-23(36)14-8-20/h18-23,34-36H,2-17H2,1H3. The molecule has 3 aliphatic carbocycles. The Balaban J connectivity index is 1.59. The number of carbonyl (C=O) groups excluding carboxylic acids is 3. The summed E-state index contributed by atoms with van der Waals surface area (Å²) in [7, 11) is 0. The third kappa shape index (κ3) is 9.04. The predicted octanol–water partition coefficient (Wildman–Crippen LogP) is 5.48. The van der Waals surface area contributed by atoms with Gasteiger partial charge in [-0.1, -0.05) is 6.92 Å². The molecule has 3 fully saturated rings. The lowest BCUT2D eigenvalue weighted by Crippen LogP contribution is -2.41. The van der Waals surface area contributed by atoms with Crippen LogP contribution in [0.15, 0.2) is 0 Å². The molecule has 0 bridgehead atoms. The van der Waals surface area contributed by atoms with Crippen LogP contribution in [0.4, 0.5) is 0 Å². The van der Waals surface area contributed by atoms with Crippen LogP contribution in [0, 0.1) is 23.2 Å². The molecule has 0 aromatic heterocycles. The lowest BCUT2D eigenvalue weighted by atomic mass is 9.86. The predicted molar refractivity (Wildman–Crippen MR) is 150 cm³/mol. The first-order chi connectivity index (χ1) is 17.2. The molecule has 0 N–H and O–H groups in total. The minimum atomic E-state index is -0.761. The van der Waals surface area contributed by atoms with Crippen molar-refractivity contribution in [2.75, 3.05) is 19.8 Å². The molecule has 0 unspecified atom stereocenters. The molecule has 36 heavy (non-hydrogen) atoms. The second kappa shape index (κ2) is 14.6. The average Bonchev–Trinajstić information content (AvgIpc) is 2.89. The zero-order valence-electron chi connectivity index (χ0n) is 21.6. The van der Waals surface area contributed by atoms with E-state index < -0.39 is 5.41 Å². The third-order valence-electron chi connectivity index (χ3n) is 8.40. The molecule has 3 saturated carbocycles. The topological polar surface area (TPSA) is 78.9 Å². The van der Waals surface area contributed by atoms with Crippen LogP contribution in [0.1, 0.15) is 90.4 Å². The number of carbonyl (C=O) groups is 3. The molecule has 0 amide bonds. The van der Waals surface area contributed by atoms with Gasteiger partial charge in [-0.05, 0) is 83.5 Å². The fourth-order valence-corrected chi connectivity index (χ4v) is 6.29. The van der Waals surface area contributed by atoms with Crippen LogP contribution in [0.2, 0.25) is 0 Å². The summed E-state index contributed by atoms with van der Waals surface area (Å²) in [5.74, 6) is -1.03. The van der Waals surface area contributed by atoms with E-state index in [-0.39, 0.29) is 55.5 Å². The minimum absolute atomic E-state index is 0.0659. The van der Waals surface area contributed by atoms with Gasteiger partial charge >= 0.3 is 17.9 Å². The zero-order valence-corrected chi connectivity index (χ0v) is 24.3. The smallest absolute Gasteiger partial charge is 0.308 e. The van der Waals surface area contributed by atoms with Crippen molar-refractivity contribution in [3.63, 3.8) is 0 Å². The summed E-state index contributed by atoms with van der Waals surface area (Å²) in [6.45, 7) is 2.16. The average molecular weight is 561 g/mol. The molecule has 9 heteroatoms. The SMILES string of the molecule is CCC(COC(=O)C1CCC(S)CC1)(COC(=O)C1CCC(S)CC1)COC(=O)C1CCC(S)CC1. The third-order valence-corrected chi connectivity index (χ3v) is 9.95. The van der Waals surface area contributed by atoms with Crippen LogP contribution in [-0.2, 0) is 28.6 Å². The summed E-state index contributed by atoms with van der Waals surface area (Å²) in [6.07, 6.45) is 10.6. The van der Waals surface area contributed by atoms with E-state index in [0.29, 0.717) is 22.2 Å². The highest BCUT2D eigenvalue weighted by atomic mass is 32.1. The Kier molecular flexibility index (Phi) is 12.1. The van der Waals surface area contributed by atoms with Crippen molar-refractivity contribution in [2.45, 2.75) is 106 Å². The van der Waals surface area contributed by atoms with E-state index in [4.69, 9.17) is 14.2 Å². The molecule has 3 aliphatic rings. The van der Waals surface area contributed by atoms with Gasteiger partial charge in [0.05, 0.1) is 23.2 Å². The molecule has 0 aromatic rings. The van der Waals surface area contributed by atoms with Crippen LogP contribution < -0.4 is 0 Å². The Hall–Kier alpha value is -0.540. The largest absolute Gasteiger partial charge is 0.465 e. The van der Waals surface area contributed by atoms with Gasteiger partial charge in [0.15, 0.2) is 0 Å². The Morgan fingerprint density at radius 3 is 1.03 bits per heavy atom. The highest BCUT2D eigenvalue weighted by molar-refractivity contribution is 7.81. The number of ether oxygens (including phenoxy) is 3. The molecule has 3 rings (SSSR count). The van der Waals surface area contributed by atoms with Gasteiger partial charge in [-0.2, -0.15) is 37.9 Å². The second-order valence-corrected chi connectivity index (χ2v) is 13.4. The fourth-order valence-electron chi connectivity index (χ4n) is 5.39. The molecule has 0 radical (unpaired) electrons. The van der Waals surface area contributed by atoms with Crippen LogP contribution in [0.5, 0.6) is 0 Å². The van der Waals surface area contributed by atoms with Crippen molar-refractivity contribution < 1.29 is 28.6 Å². The summed E-state index contributed by atoms with van der Waals surface area (Å²) < 4.78 is 17.4. The molecule has 0 heterocycles. The van der Waals surface area contributed by atoms with E-state index in [0.717, 1.165) is 77.0 Å². The highest BCUT2D eigenvalue weighted by Gasteiger charge is 2.38. The highest BCUT2D eigenvalue weighted by Crippen LogP contribution is 2.33. The van der Waals surface area contributed by atoms with Gasteiger partial charge in [-0.15, -0.1) is 0 Å². The van der Waals surface area contributed by atoms with Gasteiger partial charge < -0.3 is 14.2 Å². The van der Waals surface area contributed by atoms with E-state index in [1.807, 2.05) is 6.92 Å². The summed E-state index contributed by atoms with van der Waals surface area (Å²) in [4.78, 5) is 38.5. The Morgan fingerprint density at radius 1 is 0.556 bits per heavy atom. The maximum atomic E-state index is 12.8. The minimum Gasteiger partial charge on any atom is -0.465 e. The maximum absolute atomic E-state index is 12.8. The number of thiol groups is 3. The molecule has 206 valence electrons. The van der Waals surface area contributed by atoms with Gasteiger partial charge in [0.2, 0.25) is 0 Å². The fraction of sp³-hybridized carbons (Fsp3) is 0.889. The van der Waals surface area contributed by atoms with E-state index in [1.54, 1.807) is 0 Å². The molecule has 6 nitrogen and oxygen atoms in total. The number of rotatable bonds is 10. The molecule has 0 atom stereocenters. The van der Waals surface area contributed by atoms with Crippen molar-refractivity contribution in [3.8, 4) is 0 Å². The molecular weight excluding hydrogens is 516 g/mol. The lowest BCUT2D eigenvalue weighted by molar-refractivity contribution is -0.168. The van der Waals surface area contributed by atoms with Crippen molar-refractivity contribution in [1.82, 2.24) is 0 Å². The summed E-state index contributed by atoms with van der Waals surface area (Å²) in [5, 5.41) is 1.04. The van der Waals surface area contributed by atoms with Crippen LogP contribution in [-0.4, -0.2) is 53.5 Å². The van der Waals surface area contributed by atoms with Gasteiger partial charge in [0.1, 0.15) is 19.8 Å². The molecule has 0 saturated heterocycles. The summed E-state index contributed by atoms with van der Waals surface area (Å²) in [5.41, 5.74) is -0.761. The number of hydrogen-bond donors (Lipinski definition) is 3.